The number of carbonyl (C=O) groups is 1. The molecular weight excluding hydrogens is 554 g/mol. The lowest BCUT2D eigenvalue weighted by Gasteiger charge is -2.31. The molecule has 2 saturated heterocycles. The number of amides is 1. The van der Waals surface area contributed by atoms with E-state index in [4.69, 9.17) is 35.3 Å². The van der Waals surface area contributed by atoms with E-state index >= 15 is 0 Å². The Morgan fingerprint density at radius 1 is 0.881 bits per heavy atom. The van der Waals surface area contributed by atoms with Gasteiger partial charge >= 0.3 is 0 Å². The fraction of sp³-hybridized carbons (Fsp3) is 0.441. The van der Waals surface area contributed by atoms with Crippen LogP contribution in [0.15, 0.2) is 84.9 Å². The van der Waals surface area contributed by atoms with Crippen molar-refractivity contribution in [2.75, 3.05) is 19.8 Å². The van der Waals surface area contributed by atoms with Crippen molar-refractivity contribution in [1.29, 1.82) is 0 Å². The lowest BCUT2D eigenvalue weighted by atomic mass is 10.0. The fourth-order valence-corrected chi connectivity index (χ4v) is 5.58. The molecule has 42 heavy (non-hydrogen) atoms. The van der Waals surface area contributed by atoms with Gasteiger partial charge in [-0.3, -0.25) is 4.79 Å². The molecule has 0 radical (unpaired) electrons. The highest BCUT2D eigenvalue weighted by atomic mass is 35.5. The molecule has 0 aromatic heterocycles. The summed E-state index contributed by atoms with van der Waals surface area (Å²) < 4.78 is 31.6. The lowest BCUT2D eigenvalue weighted by Crippen LogP contribution is -2.48. The van der Waals surface area contributed by atoms with E-state index in [1.165, 1.54) is 11.1 Å². The minimum atomic E-state index is -0.777. The molecule has 2 aliphatic heterocycles. The molecule has 0 spiro atoms. The van der Waals surface area contributed by atoms with Gasteiger partial charge in [0.05, 0.1) is 0 Å². The van der Waals surface area contributed by atoms with Crippen LogP contribution in [0.3, 0.4) is 0 Å². The van der Waals surface area contributed by atoms with Crippen LogP contribution in [0.2, 0.25) is 5.02 Å². The molecule has 2 fully saturated rings. The molecule has 224 valence electrons. The van der Waals surface area contributed by atoms with E-state index in [2.05, 4.69) is 29.6 Å². The maximum absolute atomic E-state index is 13.0. The Morgan fingerprint density at radius 2 is 1.50 bits per heavy atom. The van der Waals surface area contributed by atoms with Crippen molar-refractivity contribution >= 4 is 17.5 Å². The second-order valence-electron chi connectivity index (χ2n) is 11.2. The third-order valence-corrected chi connectivity index (χ3v) is 7.76. The van der Waals surface area contributed by atoms with Crippen molar-refractivity contribution in [3.8, 4) is 0 Å². The van der Waals surface area contributed by atoms with Crippen LogP contribution in [0.1, 0.15) is 48.2 Å². The predicted octanol–water partition coefficient (Wildman–Crippen LogP) is 5.98. The van der Waals surface area contributed by atoms with Gasteiger partial charge in [0.1, 0.15) is 24.4 Å². The topological polar surface area (TPSA) is 75.3 Å². The summed E-state index contributed by atoms with van der Waals surface area (Å²) in [5, 5.41) is 3.60. The number of aryl methyl sites for hydroxylation is 2. The molecule has 7 nitrogen and oxygen atoms in total. The molecule has 0 saturated carbocycles. The molecule has 2 heterocycles. The summed E-state index contributed by atoms with van der Waals surface area (Å²) in [6, 6.07) is 27.5. The number of halogens is 1. The van der Waals surface area contributed by atoms with Gasteiger partial charge in [-0.15, -0.1) is 0 Å². The van der Waals surface area contributed by atoms with Gasteiger partial charge in [0.15, 0.2) is 12.1 Å². The second-order valence-corrected chi connectivity index (χ2v) is 11.6. The summed E-state index contributed by atoms with van der Waals surface area (Å²) in [4.78, 5) is 13.0. The van der Waals surface area contributed by atoms with Crippen molar-refractivity contribution in [3.05, 3.63) is 107 Å². The molecule has 3 aromatic rings. The molecule has 8 heteroatoms. The molecule has 0 aliphatic carbocycles. The minimum absolute atomic E-state index is 0.211. The van der Waals surface area contributed by atoms with E-state index in [9.17, 15) is 4.79 Å². The summed E-state index contributed by atoms with van der Waals surface area (Å²) in [7, 11) is 0. The average Bonchev–Trinajstić information content (AvgIpc) is 3.47. The molecule has 1 amide bonds. The van der Waals surface area contributed by atoms with E-state index in [0.29, 0.717) is 23.8 Å². The number of rotatable bonds is 14. The normalized spacial score (nSPS) is 23.4. The van der Waals surface area contributed by atoms with Crippen LogP contribution < -0.4 is 5.32 Å². The highest BCUT2D eigenvalue weighted by Crippen LogP contribution is 2.40. The summed E-state index contributed by atoms with van der Waals surface area (Å²) in [6.07, 6.45) is 1.12. The summed E-state index contributed by atoms with van der Waals surface area (Å²) in [5.74, 6) is -0.988. The van der Waals surface area contributed by atoms with Crippen molar-refractivity contribution in [3.63, 3.8) is 0 Å². The van der Waals surface area contributed by atoms with Crippen LogP contribution in [-0.4, -0.2) is 62.2 Å². The SMILES string of the molecule is CC1(C)O[C@H]2O[C@H]([C@@H](CNC(=O)c3ccc(Cl)cc3)OCCCc3ccccc3)[C@H](OCCCc3ccccc3)[C@H]2O1. The Balaban J connectivity index is 1.25. The standard InChI is InChI=1S/C34H40ClNO6/c1-34(2)41-31-30(39-22-10-16-25-13-7-4-8-14-25)29(40-33(31)42-34)28(38-21-9-15-24-11-5-3-6-12-24)23-36-32(37)26-17-19-27(35)20-18-26/h3-8,11-14,17-20,28-31,33H,9-10,15-16,21-23H2,1-2H3,(H,36,37)/t28-,29-,30+,31-,33-/m1/s1. The highest BCUT2D eigenvalue weighted by Gasteiger charge is 2.57. The summed E-state index contributed by atoms with van der Waals surface area (Å²) in [5.41, 5.74) is 3.04. The number of benzene rings is 3. The van der Waals surface area contributed by atoms with Gasteiger partial charge in [-0.2, -0.15) is 0 Å². The number of fused-ring (bicyclic) bond motifs is 1. The third-order valence-electron chi connectivity index (χ3n) is 7.51. The van der Waals surface area contributed by atoms with Gasteiger partial charge < -0.3 is 29.0 Å². The Bertz CT molecular complexity index is 1260. The molecule has 0 bridgehead atoms. The monoisotopic (exact) mass is 593 g/mol. The molecule has 5 rings (SSSR count). The molecular formula is C34H40ClNO6. The second kappa shape index (κ2) is 14.6. The minimum Gasteiger partial charge on any atom is -0.374 e. The van der Waals surface area contributed by atoms with Gasteiger partial charge in [-0.1, -0.05) is 72.3 Å². The Labute approximate surface area is 253 Å². The van der Waals surface area contributed by atoms with Gasteiger partial charge in [0.25, 0.3) is 5.91 Å². The van der Waals surface area contributed by atoms with Crippen LogP contribution in [0, 0.1) is 0 Å². The maximum atomic E-state index is 13.0. The number of carbonyl (C=O) groups excluding carboxylic acids is 1. The first-order valence-corrected chi connectivity index (χ1v) is 15.1. The smallest absolute Gasteiger partial charge is 0.251 e. The number of hydrogen-bond donors (Lipinski definition) is 1. The van der Waals surface area contributed by atoms with E-state index in [0.717, 1.165) is 25.7 Å². The molecule has 2 aliphatic rings. The van der Waals surface area contributed by atoms with E-state index in [1.54, 1.807) is 24.3 Å². The van der Waals surface area contributed by atoms with Crippen LogP contribution in [0.5, 0.6) is 0 Å². The van der Waals surface area contributed by atoms with E-state index in [1.807, 2.05) is 50.2 Å². The van der Waals surface area contributed by atoms with Crippen LogP contribution in [0.4, 0.5) is 0 Å². The van der Waals surface area contributed by atoms with Crippen molar-refractivity contribution in [2.45, 2.75) is 76.0 Å². The largest absolute Gasteiger partial charge is 0.374 e. The quantitative estimate of drug-likeness (QED) is 0.232. The van der Waals surface area contributed by atoms with Gasteiger partial charge in [-0.05, 0) is 74.9 Å². The van der Waals surface area contributed by atoms with Gasteiger partial charge in [-0.25, -0.2) is 0 Å². The third kappa shape index (κ3) is 8.40. The molecule has 0 unspecified atom stereocenters. The number of hydrogen-bond acceptors (Lipinski definition) is 6. The summed E-state index contributed by atoms with van der Waals surface area (Å²) >= 11 is 6.01. The molecule has 3 aromatic carbocycles. The average molecular weight is 594 g/mol. The van der Waals surface area contributed by atoms with Gasteiger partial charge in [0, 0.05) is 30.3 Å². The van der Waals surface area contributed by atoms with Crippen LogP contribution in [0.25, 0.3) is 0 Å². The number of nitrogens with one attached hydrogen (secondary N) is 1. The predicted molar refractivity (Wildman–Crippen MR) is 161 cm³/mol. The molecule has 5 atom stereocenters. The van der Waals surface area contributed by atoms with Gasteiger partial charge in [0.2, 0.25) is 0 Å². The van der Waals surface area contributed by atoms with Crippen molar-refractivity contribution in [1.82, 2.24) is 5.32 Å². The van der Waals surface area contributed by atoms with Crippen molar-refractivity contribution < 1.29 is 28.5 Å². The van der Waals surface area contributed by atoms with Crippen molar-refractivity contribution in [2.24, 2.45) is 0 Å². The first kappa shape index (κ1) is 30.7. The Morgan fingerprint density at radius 3 is 2.14 bits per heavy atom. The van der Waals surface area contributed by atoms with Crippen LogP contribution >= 0.6 is 11.6 Å². The Hall–Kier alpha value is -2.78. The number of ether oxygens (including phenoxy) is 5. The lowest BCUT2D eigenvalue weighted by molar-refractivity contribution is -0.232. The van der Waals surface area contributed by atoms with E-state index in [-0.39, 0.29) is 12.5 Å². The zero-order valence-corrected chi connectivity index (χ0v) is 25.0. The zero-order valence-electron chi connectivity index (χ0n) is 24.2. The fourth-order valence-electron chi connectivity index (χ4n) is 5.46. The maximum Gasteiger partial charge on any atom is 0.251 e. The first-order chi connectivity index (χ1) is 20.4. The first-order valence-electron chi connectivity index (χ1n) is 14.7. The zero-order chi connectivity index (χ0) is 29.4. The van der Waals surface area contributed by atoms with Crippen LogP contribution in [-0.2, 0) is 36.5 Å². The summed E-state index contributed by atoms with van der Waals surface area (Å²) in [6.45, 7) is 5.02. The highest BCUT2D eigenvalue weighted by molar-refractivity contribution is 6.30. The molecule has 1 N–H and O–H groups in total. The van der Waals surface area contributed by atoms with E-state index < -0.39 is 36.5 Å². The Kier molecular flexibility index (Phi) is 10.7.